The molecule has 0 bridgehead atoms. The van der Waals surface area contributed by atoms with Gasteiger partial charge in [-0.25, -0.2) is 0 Å². The number of quaternary nitrogens is 1. The van der Waals surface area contributed by atoms with E-state index in [0.29, 0.717) is 30.3 Å². The topological polar surface area (TPSA) is 111 Å². The van der Waals surface area contributed by atoms with Crippen molar-refractivity contribution in [3.8, 4) is 0 Å². The maximum Gasteiger partial charge on any atom is 0.306 e. The average Bonchev–Trinajstić information content (AvgIpc) is 3.44. The molecule has 0 aliphatic rings. The van der Waals surface area contributed by atoms with Gasteiger partial charge in [0.15, 0.2) is 12.4 Å². The van der Waals surface area contributed by atoms with Crippen LogP contribution in [0.4, 0.5) is 0 Å². The van der Waals surface area contributed by atoms with E-state index in [1.165, 1.54) is 0 Å². The Bertz CT molecular complexity index is 2070. The van der Waals surface area contributed by atoms with E-state index in [9.17, 15) is 19.5 Å². The number of nitrogens with zero attached hydrogens (tertiary/aromatic N) is 1. The Hall–Kier alpha value is -6.13. The Balaban J connectivity index is 4.47. The van der Waals surface area contributed by atoms with Gasteiger partial charge in [-0.1, -0.05) is 220 Å². The van der Waals surface area contributed by atoms with Crippen molar-refractivity contribution in [3.05, 3.63) is 207 Å². The van der Waals surface area contributed by atoms with Crippen LogP contribution in [0.3, 0.4) is 0 Å². The molecule has 0 fully saturated rings. The number of carbonyl (C=O) groups is 3. The highest BCUT2D eigenvalue weighted by Crippen LogP contribution is 2.10. The van der Waals surface area contributed by atoms with Crippen LogP contribution in [0.25, 0.3) is 0 Å². The minimum absolute atomic E-state index is 0.116. The highest BCUT2D eigenvalue weighted by Gasteiger charge is 2.21. The van der Waals surface area contributed by atoms with Crippen LogP contribution >= 0.6 is 0 Å². The van der Waals surface area contributed by atoms with Crippen LogP contribution in [-0.4, -0.2) is 82.3 Å². The molecule has 9 nitrogen and oxygen atoms in total. The van der Waals surface area contributed by atoms with Crippen LogP contribution in [0.1, 0.15) is 168 Å². The Labute approximate surface area is 493 Å². The molecule has 0 N–H and O–H groups in total. The molecule has 0 saturated heterocycles. The molecule has 81 heavy (non-hydrogen) atoms. The highest BCUT2D eigenvalue weighted by atomic mass is 16.7. The number of ether oxygens (including phenoxy) is 4. The first-order valence-electron chi connectivity index (χ1n) is 30.2. The minimum atomic E-state index is -1.66. The summed E-state index contributed by atoms with van der Waals surface area (Å²) in [5.41, 5.74) is 0. The van der Waals surface area contributed by atoms with Gasteiger partial charge in [0, 0.05) is 12.8 Å². The normalized spacial score (nSPS) is 14.2. The quantitative estimate of drug-likeness (QED) is 0.0195. The van der Waals surface area contributed by atoms with Gasteiger partial charge in [0.2, 0.25) is 0 Å². The van der Waals surface area contributed by atoms with Gasteiger partial charge in [-0.05, 0) is 141 Å². The van der Waals surface area contributed by atoms with Crippen LogP contribution in [0, 0.1) is 0 Å². The molecule has 0 rings (SSSR count). The van der Waals surface area contributed by atoms with Crippen molar-refractivity contribution >= 4 is 17.9 Å². The molecule has 0 aliphatic carbocycles. The van der Waals surface area contributed by atoms with Crippen LogP contribution in [0.2, 0.25) is 0 Å². The summed E-state index contributed by atoms with van der Waals surface area (Å²) in [6.07, 6.45) is 91.8. The lowest BCUT2D eigenvalue weighted by Gasteiger charge is -2.26. The van der Waals surface area contributed by atoms with Crippen molar-refractivity contribution in [3.63, 3.8) is 0 Å². The number of likely N-dealkylation sites (N-methyl/N-ethyl adjacent to an activating group) is 1. The van der Waals surface area contributed by atoms with E-state index in [-0.39, 0.29) is 32.7 Å². The number of unbranched alkanes of at least 4 members (excludes halogenated alkanes) is 3. The number of carbonyl (C=O) groups excluding carboxylic acids is 3. The molecule has 0 aromatic rings. The first-order valence-corrected chi connectivity index (χ1v) is 30.2. The zero-order valence-corrected chi connectivity index (χ0v) is 50.8. The van der Waals surface area contributed by atoms with E-state index in [2.05, 4.69) is 214 Å². The molecule has 0 radical (unpaired) electrons. The molecule has 9 heteroatoms. The van der Waals surface area contributed by atoms with Crippen molar-refractivity contribution in [2.45, 2.75) is 180 Å². The molecule has 0 aliphatic heterocycles. The van der Waals surface area contributed by atoms with Gasteiger partial charge in [-0.2, -0.15) is 0 Å². The summed E-state index contributed by atoms with van der Waals surface area (Å²) < 4.78 is 22.6. The predicted molar refractivity (Wildman–Crippen MR) is 342 cm³/mol. The van der Waals surface area contributed by atoms with Gasteiger partial charge in [-0.3, -0.25) is 9.59 Å². The highest BCUT2D eigenvalue weighted by molar-refractivity contribution is 5.70. The number of esters is 2. The van der Waals surface area contributed by atoms with Gasteiger partial charge in [0.25, 0.3) is 0 Å². The lowest BCUT2D eigenvalue weighted by Crippen LogP contribution is -2.44. The second-order valence-corrected chi connectivity index (χ2v) is 20.2. The fourth-order valence-corrected chi connectivity index (χ4v) is 6.96. The molecule has 2 unspecified atom stereocenters. The van der Waals surface area contributed by atoms with Gasteiger partial charge < -0.3 is 33.3 Å². The summed E-state index contributed by atoms with van der Waals surface area (Å²) in [5, 5.41) is 11.8. The largest absolute Gasteiger partial charge is 0.545 e. The smallest absolute Gasteiger partial charge is 0.306 e. The minimum Gasteiger partial charge on any atom is -0.545 e. The summed E-state index contributed by atoms with van der Waals surface area (Å²) in [4.78, 5) is 37.3. The molecular weight excluding hydrogens is 1010 g/mol. The fraction of sp³-hybridized carbons (Fsp3) is 0.486. The van der Waals surface area contributed by atoms with Crippen molar-refractivity contribution in [2.75, 3.05) is 47.5 Å². The summed E-state index contributed by atoms with van der Waals surface area (Å²) in [6.45, 7) is 4.35. The number of hydrogen-bond acceptors (Lipinski definition) is 8. The standard InChI is InChI=1S/C72H107NO8/c1-6-8-10-12-14-16-18-20-22-24-26-28-30-31-32-33-34-35-36-37-38-39-41-43-45-47-49-51-53-55-57-59-61-63-70(75)81-68(67-80-72(71(76)77)78-65-64-73(3,4)5)66-79-69(74)62-60-58-56-54-52-50-48-46-44-42-40-29-27-25-23-21-19-17-15-13-11-9-7-2/h8-11,14-17,20-23,26-29,31-32,34-35,37-38,41-44,47-50,53-56,68,72H,6-7,12-13,18-19,24-25,30,33,36,39-40,45-46,51-52,57-67H2,1-5H3/b10-8-,11-9-,16-14-,17-15-,22-20-,23-21-,28-26-,29-27-,32-31-,35-34-,38-37-,43-41-,44-42-,49-47-,50-48-,55-53-,56-54-. The Morgan fingerprint density at radius 2 is 0.667 bits per heavy atom. The van der Waals surface area contributed by atoms with E-state index in [4.69, 9.17) is 18.9 Å². The first kappa shape index (κ1) is 74.9. The Morgan fingerprint density at radius 1 is 0.370 bits per heavy atom. The van der Waals surface area contributed by atoms with Crippen LogP contribution in [0.15, 0.2) is 207 Å². The molecule has 0 spiro atoms. The number of aliphatic carboxylic acids is 1. The molecule has 0 heterocycles. The molecule has 448 valence electrons. The van der Waals surface area contributed by atoms with Crippen molar-refractivity contribution in [1.29, 1.82) is 0 Å². The van der Waals surface area contributed by atoms with E-state index >= 15 is 0 Å². The average molecular weight is 1110 g/mol. The fourth-order valence-electron chi connectivity index (χ4n) is 6.96. The molecule has 0 saturated carbocycles. The van der Waals surface area contributed by atoms with E-state index in [0.717, 1.165) is 122 Å². The lowest BCUT2D eigenvalue weighted by atomic mass is 10.2. The molecule has 0 aromatic heterocycles. The number of allylic oxidation sites excluding steroid dienone is 34. The second-order valence-electron chi connectivity index (χ2n) is 20.2. The van der Waals surface area contributed by atoms with Crippen molar-refractivity contribution in [1.82, 2.24) is 0 Å². The third kappa shape index (κ3) is 61.3. The third-order valence-electron chi connectivity index (χ3n) is 11.5. The van der Waals surface area contributed by atoms with Gasteiger partial charge in [-0.15, -0.1) is 0 Å². The van der Waals surface area contributed by atoms with Crippen LogP contribution in [0.5, 0.6) is 0 Å². The molecule has 2 atom stereocenters. The number of carboxylic acid groups (broad SMARTS) is 1. The maximum atomic E-state index is 12.9. The van der Waals surface area contributed by atoms with Gasteiger partial charge in [0.1, 0.15) is 13.2 Å². The summed E-state index contributed by atoms with van der Waals surface area (Å²) in [7, 11) is 5.87. The molecule has 0 amide bonds. The molecular formula is C72H107NO8. The summed E-state index contributed by atoms with van der Waals surface area (Å²) >= 11 is 0. The SMILES string of the molecule is CC/C=C\C/C=C\C/C=C\C/C=C\C/C=C\C/C=C\C/C=C\C/C=C\C/C=C\C/C=C\CCCCC(=O)OC(COC(=O)CCC/C=C\C/C=C\C/C=C\C/C=C\C/C=C\C/C=C\C/C=C\CC)COC(OCC[N+](C)(C)C)C(=O)[O-]. The Kier molecular flexibility index (Phi) is 55.4. The van der Waals surface area contributed by atoms with E-state index in [1.807, 2.05) is 27.2 Å². The monoisotopic (exact) mass is 1110 g/mol. The van der Waals surface area contributed by atoms with Crippen molar-refractivity contribution in [2.24, 2.45) is 0 Å². The van der Waals surface area contributed by atoms with Gasteiger partial charge in [0.05, 0.1) is 40.3 Å². The summed E-state index contributed by atoms with van der Waals surface area (Å²) in [5.74, 6) is -2.46. The Morgan fingerprint density at radius 3 is 0.975 bits per heavy atom. The maximum absolute atomic E-state index is 12.9. The first-order chi connectivity index (χ1) is 39.6. The van der Waals surface area contributed by atoms with Crippen LogP contribution in [-0.2, 0) is 33.3 Å². The zero-order chi connectivity index (χ0) is 59.1. The van der Waals surface area contributed by atoms with Crippen LogP contribution < -0.4 is 5.11 Å². The number of hydrogen-bond donors (Lipinski definition) is 0. The zero-order valence-electron chi connectivity index (χ0n) is 50.8. The molecule has 0 aromatic carbocycles. The lowest BCUT2D eigenvalue weighted by molar-refractivity contribution is -0.870. The third-order valence-corrected chi connectivity index (χ3v) is 11.5. The second kappa shape index (κ2) is 60.0. The number of carboxylic acids is 1. The summed E-state index contributed by atoms with van der Waals surface area (Å²) in [6, 6.07) is 0. The van der Waals surface area contributed by atoms with Crippen molar-refractivity contribution < 1.29 is 42.9 Å². The van der Waals surface area contributed by atoms with E-state index < -0.39 is 30.3 Å². The van der Waals surface area contributed by atoms with Gasteiger partial charge >= 0.3 is 11.9 Å². The number of rotatable bonds is 52. The van der Waals surface area contributed by atoms with E-state index in [1.54, 1.807) is 0 Å². The predicted octanol–water partition coefficient (Wildman–Crippen LogP) is 17.1.